The van der Waals surface area contributed by atoms with E-state index in [4.69, 9.17) is 10.2 Å². The maximum Gasteiger partial charge on any atom is 0.119 e. The summed E-state index contributed by atoms with van der Waals surface area (Å²) in [5.41, 5.74) is 0.890. The van der Waals surface area contributed by atoms with Gasteiger partial charge in [-0.05, 0) is 45.2 Å². The molecule has 2 rings (SSSR count). The van der Waals surface area contributed by atoms with Crippen molar-refractivity contribution in [3.05, 3.63) is 30.5 Å². The third kappa shape index (κ3) is 2.44. The Hall–Kier alpha value is -1.48. The zero-order valence-electron chi connectivity index (χ0n) is 14.3. The van der Waals surface area contributed by atoms with Crippen molar-refractivity contribution in [1.82, 2.24) is 9.47 Å². The number of aromatic nitrogens is 1. The molecule has 0 aliphatic heterocycles. The van der Waals surface area contributed by atoms with Crippen LogP contribution in [-0.4, -0.2) is 36.6 Å². The van der Waals surface area contributed by atoms with Gasteiger partial charge in [-0.15, -0.1) is 0 Å². The Bertz CT molecular complexity index is 623. The Morgan fingerprint density at radius 1 is 1.53 bits per heavy atom. The van der Waals surface area contributed by atoms with Crippen LogP contribution in [0, 0.1) is 0 Å². The number of likely N-dealkylation sites (N-methyl/N-ethyl adjacent to an activating group) is 1. The van der Waals surface area contributed by atoms with E-state index in [0.717, 1.165) is 16.7 Å². The summed E-state index contributed by atoms with van der Waals surface area (Å²) in [5, 5.41) is 0.968. The Labute approximate surface area is 108 Å². The predicted molar refractivity (Wildman–Crippen MR) is 71.6 cm³/mol. The standard InChI is InChI=1S/C14H20N2O/c1-11(15(2)3)10-16-8-7-12-9-13(17-4)5-6-14(12)16/h5-9,11H,10H2,1-4H3/t11-/m1/s1/i2D3,10D/t10?,11-. The van der Waals surface area contributed by atoms with E-state index in [1.807, 2.05) is 30.5 Å². The van der Waals surface area contributed by atoms with Gasteiger partial charge in [0, 0.05) is 33.8 Å². The Morgan fingerprint density at radius 3 is 3.06 bits per heavy atom. The van der Waals surface area contributed by atoms with Crippen LogP contribution in [-0.2, 0) is 6.52 Å². The first-order valence-corrected chi connectivity index (χ1v) is 5.55. The molecule has 0 bridgehead atoms. The van der Waals surface area contributed by atoms with Crippen molar-refractivity contribution in [3.8, 4) is 5.75 Å². The highest BCUT2D eigenvalue weighted by Gasteiger charge is 2.08. The SMILES string of the molecule is [2H]C([C@@H](C)N(C)C([2H])([2H])[2H])n1ccc2cc(OC)ccc21. The fraction of sp³-hybridized carbons (Fsp3) is 0.429. The van der Waals surface area contributed by atoms with Gasteiger partial charge < -0.3 is 14.2 Å². The number of fused-ring (bicyclic) bond motifs is 1. The van der Waals surface area contributed by atoms with Crippen LogP contribution in [0.2, 0.25) is 0 Å². The topological polar surface area (TPSA) is 17.4 Å². The van der Waals surface area contributed by atoms with E-state index in [1.54, 1.807) is 18.6 Å². The lowest BCUT2D eigenvalue weighted by molar-refractivity contribution is 0.286. The van der Waals surface area contributed by atoms with Gasteiger partial charge in [-0.3, -0.25) is 0 Å². The molecule has 0 amide bonds. The summed E-state index contributed by atoms with van der Waals surface area (Å²) < 4.78 is 37.7. The molecule has 1 aromatic carbocycles. The molecule has 2 atom stereocenters. The quantitative estimate of drug-likeness (QED) is 0.812. The van der Waals surface area contributed by atoms with Crippen LogP contribution in [0.25, 0.3) is 10.9 Å². The molecule has 92 valence electrons. The van der Waals surface area contributed by atoms with Gasteiger partial charge in [0.2, 0.25) is 0 Å². The van der Waals surface area contributed by atoms with Gasteiger partial charge in [-0.25, -0.2) is 0 Å². The molecule has 0 aliphatic rings. The molecular formula is C14H20N2O. The van der Waals surface area contributed by atoms with E-state index in [0.29, 0.717) is 0 Å². The van der Waals surface area contributed by atoms with E-state index < -0.39 is 19.5 Å². The third-order valence-corrected chi connectivity index (χ3v) is 2.91. The normalized spacial score (nSPS) is 19.3. The zero-order valence-corrected chi connectivity index (χ0v) is 10.3. The van der Waals surface area contributed by atoms with Crippen LogP contribution < -0.4 is 4.74 Å². The Morgan fingerprint density at radius 2 is 2.35 bits per heavy atom. The number of benzene rings is 1. The van der Waals surface area contributed by atoms with Crippen LogP contribution in [0.1, 0.15) is 12.4 Å². The van der Waals surface area contributed by atoms with Gasteiger partial charge in [-0.1, -0.05) is 0 Å². The van der Waals surface area contributed by atoms with E-state index in [-0.39, 0.29) is 0 Å². The first kappa shape index (κ1) is 7.77. The summed E-state index contributed by atoms with van der Waals surface area (Å²) in [6.45, 7) is -1.16. The molecule has 0 fully saturated rings. The molecule has 1 heterocycles. The summed E-state index contributed by atoms with van der Waals surface area (Å²) in [7, 11) is 3.13. The Kier molecular flexibility index (Phi) is 2.19. The van der Waals surface area contributed by atoms with Crippen molar-refractivity contribution in [1.29, 1.82) is 0 Å². The lowest BCUT2D eigenvalue weighted by atomic mass is 10.2. The van der Waals surface area contributed by atoms with E-state index >= 15 is 0 Å². The molecule has 0 saturated heterocycles. The molecule has 17 heavy (non-hydrogen) atoms. The monoisotopic (exact) mass is 236 g/mol. The van der Waals surface area contributed by atoms with Crippen molar-refractivity contribution in [2.24, 2.45) is 0 Å². The molecule has 0 radical (unpaired) electrons. The van der Waals surface area contributed by atoms with E-state index in [1.165, 1.54) is 11.9 Å². The van der Waals surface area contributed by atoms with Crippen LogP contribution in [0.5, 0.6) is 5.75 Å². The van der Waals surface area contributed by atoms with Crippen molar-refractivity contribution < 1.29 is 10.2 Å². The molecule has 3 heteroatoms. The molecule has 0 aliphatic carbocycles. The number of hydrogen-bond acceptors (Lipinski definition) is 2. The minimum atomic E-state index is -2.20. The van der Waals surface area contributed by atoms with Crippen LogP contribution >= 0.6 is 0 Å². The van der Waals surface area contributed by atoms with Gasteiger partial charge in [0.1, 0.15) is 5.75 Å². The fourth-order valence-corrected chi connectivity index (χ4v) is 1.73. The third-order valence-electron chi connectivity index (χ3n) is 2.91. The number of ether oxygens (including phenoxy) is 1. The van der Waals surface area contributed by atoms with Crippen molar-refractivity contribution in [2.45, 2.75) is 19.5 Å². The summed E-state index contributed by atoms with van der Waals surface area (Å²) in [5.74, 6) is 0.759. The summed E-state index contributed by atoms with van der Waals surface area (Å²) in [6.07, 6.45) is 1.81. The molecule has 0 N–H and O–H groups in total. The second kappa shape index (κ2) is 4.80. The second-order valence-electron chi connectivity index (χ2n) is 4.15. The highest BCUT2D eigenvalue weighted by atomic mass is 16.5. The van der Waals surface area contributed by atoms with E-state index in [2.05, 4.69) is 0 Å². The zero-order chi connectivity index (χ0) is 15.8. The smallest absolute Gasteiger partial charge is 0.119 e. The first-order valence-electron chi connectivity index (χ1n) is 7.63. The summed E-state index contributed by atoms with van der Waals surface area (Å²) >= 11 is 0. The lowest BCUT2D eigenvalue weighted by Crippen LogP contribution is -2.28. The van der Waals surface area contributed by atoms with Crippen molar-refractivity contribution in [3.63, 3.8) is 0 Å². The molecule has 1 unspecified atom stereocenters. The minimum absolute atomic E-state index is 0.449. The Balaban J connectivity index is 2.33. The summed E-state index contributed by atoms with van der Waals surface area (Å²) in [4.78, 5) is 1.25. The molecule has 0 spiro atoms. The van der Waals surface area contributed by atoms with Crippen molar-refractivity contribution in [2.75, 3.05) is 21.1 Å². The van der Waals surface area contributed by atoms with Crippen LogP contribution in [0.4, 0.5) is 0 Å². The van der Waals surface area contributed by atoms with Crippen molar-refractivity contribution >= 4 is 10.9 Å². The average molecular weight is 236 g/mol. The minimum Gasteiger partial charge on any atom is -0.497 e. The van der Waals surface area contributed by atoms with Gasteiger partial charge in [0.15, 0.2) is 0 Å². The molecule has 0 saturated carbocycles. The van der Waals surface area contributed by atoms with Gasteiger partial charge in [-0.2, -0.15) is 0 Å². The highest BCUT2D eigenvalue weighted by molar-refractivity contribution is 5.81. The fourth-order valence-electron chi connectivity index (χ4n) is 1.73. The first-order chi connectivity index (χ1) is 9.75. The highest BCUT2D eigenvalue weighted by Crippen LogP contribution is 2.22. The number of methoxy groups -OCH3 is 1. The number of nitrogens with zero attached hydrogens (tertiary/aromatic N) is 2. The molecule has 1 aromatic heterocycles. The lowest BCUT2D eigenvalue weighted by Gasteiger charge is -2.20. The largest absolute Gasteiger partial charge is 0.497 e. The molecular weight excluding hydrogens is 212 g/mol. The predicted octanol–water partition coefficient (Wildman–Crippen LogP) is 2.60. The van der Waals surface area contributed by atoms with Crippen LogP contribution in [0.3, 0.4) is 0 Å². The summed E-state index contributed by atoms with van der Waals surface area (Å²) in [6, 6.07) is 7.08. The maximum atomic E-state index is 8.37. The number of hydrogen-bond donors (Lipinski definition) is 0. The second-order valence-corrected chi connectivity index (χ2v) is 4.15. The maximum absolute atomic E-state index is 8.37. The van der Waals surface area contributed by atoms with Gasteiger partial charge in [0.25, 0.3) is 0 Å². The number of rotatable bonds is 4. The van der Waals surface area contributed by atoms with Crippen LogP contribution in [0.15, 0.2) is 30.5 Å². The van der Waals surface area contributed by atoms with E-state index in [9.17, 15) is 0 Å². The molecule has 2 aromatic rings. The van der Waals surface area contributed by atoms with Gasteiger partial charge in [0.05, 0.1) is 8.48 Å². The van der Waals surface area contributed by atoms with Gasteiger partial charge >= 0.3 is 0 Å². The average Bonchev–Trinajstić information content (AvgIpc) is 2.86. The molecule has 3 nitrogen and oxygen atoms in total.